The lowest BCUT2D eigenvalue weighted by Crippen LogP contribution is -2.27. The van der Waals surface area contributed by atoms with Gasteiger partial charge in [-0.3, -0.25) is 9.78 Å². The fraction of sp³-hybridized carbons (Fsp3) is 0.438. The summed E-state index contributed by atoms with van der Waals surface area (Å²) in [7, 11) is 0. The number of nitrogens with one attached hydrogen (secondary N) is 1. The van der Waals surface area contributed by atoms with Crippen molar-refractivity contribution in [1.29, 1.82) is 0 Å². The lowest BCUT2D eigenvalue weighted by molar-refractivity contribution is -0.117. The summed E-state index contributed by atoms with van der Waals surface area (Å²) in [6.45, 7) is 2.21. The van der Waals surface area contributed by atoms with E-state index in [9.17, 15) is 4.79 Å². The van der Waals surface area contributed by atoms with Gasteiger partial charge < -0.3 is 15.0 Å². The number of aromatic nitrogens is 4. The molecule has 24 heavy (non-hydrogen) atoms. The van der Waals surface area contributed by atoms with E-state index < -0.39 is 0 Å². The van der Waals surface area contributed by atoms with Crippen molar-refractivity contribution in [1.82, 2.24) is 19.9 Å². The van der Waals surface area contributed by atoms with Crippen LogP contribution in [-0.4, -0.2) is 51.6 Å². The van der Waals surface area contributed by atoms with Crippen LogP contribution >= 0.6 is 0 Å². The maximum Gasteiger partial charge on any atom is 0.225 e. The Bertz CT molecular complexity index is 698. The summed E-state index contributed by atoms with van der Waals surface area (Å²) in [6.07, 6.45) is 8.70. The predicted octanol–water partition coefficient (Wildman–Crippen LogP) is 0.747. The van der Waals surface area contributed by atoms with Crippen molar-refractivity contribution in [2.24, 2.45) is 11.8 Å². The molecule has 2 aromatic heterocycles. The Morgan fingerprint density at radius 3 is 2.88 bits per heavy atom. The van der Waals surface area contributed by atoms with Crippen LogP contribution in [0.2, 0.25) is 0 Å². The van der Waals surface area contributed by atoms with Crippen LogP contribution in [0.1, 0.15) is 6.42 Å². The highest BCUT2D eigenvalue weighted by molar-refractivity contribution is 5.89. The van der Waals surface area contributed by atoms with Gasteiger partial charge in [-0.15, -0.1) is 0 Å². The van der Waals surface area contributed by atoms with Gasteiger partial charge >= 0.3 is 0 Å². The molecule has 4 rings (SSSR count). The van der Waals surface area contributed by atoms with Crippen molar-refractivity contribution in [3.8, 4) is 0 Å². The number of fused-ring (bicyclic) bond motifs is 1. The highest BCUT2D eigenvalue weighted by atomic mass is 16.5. The Kier molecular flexibility index (Phi) is 4.04. The average molecular weight is 326 g/mol. The Labute approximate surface area is 139 Å². The Morgan fingerprint density at radius 1 is 1.21 bits per heavy atom. The minimum atomic E-state index is -0.0563. The average Bonchev–Trinajstić information content (AvgIpc) is 3.19. The first kappa shape index (κ1) is 14.9. The number of anilines is 2. The Morgan fingerprint density at radius 2 is 2.08 bits per heavy atom. The maximum atomic E-state index is 12.2. The van der Waals surface area contributed by atoms with Gasteiger partial charge in [0.2, 0.25) is 11.9 Å². The number of nitrogens with zero attached hydrogens (tertiary/aromatic N) is 5. The zero-order valence-corrected chi connectivity index (χ0v) is 13.1. The topological polar surface area (TPSA) is 93.1 Å². The van der Waals surface area contributed by atoms with E-state index in [2.05, 4.69) is 30.2 Å². The molecule has 2 aromatic rings. The first-order chi connectivity index (χ1) is 11.8. The summed E-state index contributed by atoms with van der Waals surface area (Å²) in [5.74, 6) is 1.66. The SMILES string of the molecule is O=C(C[C@@H]1CO[C@@H]2CN(c3ncccn3)C[C@H]12)Nc1cnccn1. The third-order valence-electron chi connectivity index (χ3n) is 4.55. The van der Waals surface area contributed by atoms with E-state index in [-0.39, 0.29) is 17.9 Å². The smallest absolute Gasteiger partial charge is 0.225 e. The van der Waals surface area contributed by atoms with Crippen LogP contribution in [0, 0.1) is 11.8 Å². The molecule has 1 N–H and O–H groups in total. The van der Waals surface area contributed by atoms with E-state index in [0.29, 0.717) is 24.8 Å². The minimum absolute atomic E-state index is 0.0563. The van der Waals surface area contributed by atoms with E-state index in [1.807, 2.05) is 0 Å². The molecule has 0 aromatic carbocycles. The van der Waals surface area contributed by atoms with Crippen LogP contribution in [0.15, 0.2) is 37.1 Å². The third-order valence-corrected chi connectivity index (χ3v) is 4.55. The quantitative estimate of drug-likeness (QED) is 0.886. The second-order valence-corrected chi connectivity index (χ2v) is 6.09. The number of amides is 1. The lowest BCUT2D eigenvalue weighted by atomic mass is 9.90. The highest BCUT2D eigenvalue weighted by Gasteiger charge is 2.45. The van der Waals surface area contributed by atoms with Crippen LogP contribution in [0.25, 0.3) is 0 Å². The van der Waals surface area contributed by atoms with Gasteiger partial charge in [0.15, 0.2) is 5.82 Å². The summed E-state index contributed by atoms with van der Waals surface area (Å²) in [5.41, 5.74) is 0. The molecule has 1 amide bonds. The van der Waals surface area contributed by atoms with Crippen molar-refractivity contribution in [2.75, 3.05) is 29.9 Å². The van der Waals surface area contributed by atoms with Gasteiger partial charge in [0.25, 0.3) is 0 Å². The molecule has 0 bridgehead atoms. The second kappa shape index (κ2) is 6.48. The molecule has 0 saturated carbocycles. The van der Waals surface area contributed by atoms with Gasteiger partial charge in [0, 0.05) is 50.2 Å². The summed E-state index contributed by atoms with van der Waals surface area (Å²) in [5, 5.41) is 2.79. The second-order valence-electron chi connectivity index (χ2n) is 6.09. The Balaban J connectivity index is 1.37. The number of carbonyl (C=O) groups is 1. The van der Waals surface area contributed by atoms with Gasteiger partial charge in [0.05, 0.1) is 18.9 Å². The van der Waals surface area contributed by atoms with E-state index in [0.717, 1.165) is 19.0 Å². The van der Waals surface area contributed by atoms with Crippen LogP contribution in [0.3, 0.4) is 0 Å². The molecule has 2 aliphatic rings. The van der Waals surface area contributed by atoms with E-state index in [1.54, 1.807) is 30.9 Å². The van der Waals surface area contributed by atoms with Crippen molar-refractivity contribution in [3.05, 3.63) is 37.1 Å². The van der Waals surface area contributed by atoms with Crippen LogP contribution in [0.5, 0.6) is 0 Å². The van der Waals surface area contributed by atoms with E-state index in [4.69, 9.17) is 4.74 Å². The molecule has 2 fully saturated rings. The predicted molar refractivity (Wildman–Crippen MR) is 86.2 cm³/mol. The standard InChI is InChI=1S/C16H18N6O2/c23-15(21-14-7-17-4-5-18-14)6-11-10-24-13-9-22(8-12(11)13)16-19-2-1-3-20-16/h1-5,7,11-13H,6,8-10H2,(H,18,21,23)/t11-,12-,13-/m1/s1. The van der Waals surface area contributed by atoms with E-state index in [1.165, 1.54) is 6.20 Å². The number of carbonyl (C=O) groups excluding carboxylic acids is 1. The van der Waals surface area contributed by atoms with Gasteiger partial charge in [-0.25, -0.2) is 15.0 Å². The fourth-order valence-electron chi connectivity index (χ4n) is 3.42. The highest BCUT2D eigenvalue weighted by Crippen LogP contribution is 2.36. The first-order valence-corrected chi connectivity index (χ1v) is 7.99. The van der Waals surface area contributed by atoms with E-state index >= 15 is 0 Å². The maximum absolute atomic E-state index is 12.2. The van der Waals surface area contributed by atoms with Crippen molar-refractivity contribution >= 4 is 17.7 Å². The molecule has 8 heteroatoms. The third kappa shape index (κ3) is 3.05. The van der Waals surface area contributed by atoms with Crippen LogP contribution in [0.4, 0.5) is 11.8 Å². The minimum Gasteiger partial charge on any atom is -0.376 e. The number of rotatable bonds is 4. The number of hydrogen-bond donors (Lipinski definition) is 1. The summed E-state index contributed by atoms with van der Waals surface area (Å²) >= 11 is 0. The zero-order valence-electron chi connectivity index (χ0n) is 13.1. The molecule has 124 valence electrons. The molecule has 0 spiro atoms. The van der Waals surface area contributed by atoms with Gasteiger partial charge in [-0.2, -0.15) is 0 Å². The number of ether oxygens (including phenoxy) is 1. The fourth-order valence-corrected chi connectivity index (χ4v) is 3.42. The monoisotopic (exact) mass is 326 g/mol. The molecular weight excluding hydrogens is 308 g/mol. The van der Waals surface area contributed by atoms with Crippen LogP contribution in [-0.2, 0) is 9.53 Å². The molecular formula is C16H18N6O2. The molecule has 4 heterocycles. The molecule has 0 radical (unpaired) electrons. The van der Waals surface area contributed by atoms with Gasteiger partial charge in [0.1, 0.15) is 0 Å². The van der Waals surface area contributed by atoms with Crippen molar-refractivity contribution in [2.45, 2.75) is 12.5 Å². The molecule has 3 atom stereocenters. The Hall–Kier alpha value is -2.61. The summed E-state index contributed by atoms with van der Waals surface area (Å²) < 4.78 is 5.89. The normalized spacial score (nSPS) is 25.5. The van der Waals surface area contributed by atoms with Gasteiger partial charge in [-0.05, 0) is 12.0 Å². The van der Waals surface area contributed by atoms with Crippen molar-refractivity contribution < 1.29 is 9.53 Å². The largest absolute Gasteiger partial charge is 0.376 e. The van der Waals surface area contributed by atoms with Gasteiger partial charge in [-0.1, -0.05) is 0 Å². The molecule has 0 aliphatic carbocycles. The van der Waals surface area contributed by atoms with Crippen LogP contribution < -0.4 is 10.2 Å². The lowest BCUT2D eigenvalue weighted by Gasteiger charge is -2.19. The molecule has 2 saturated heterocycles. The molecule has 8 nitrogen and oxygen atoms in total. The van der Waals surface area contributed by atoms with Crippen molar-refractivity contribution in [3.63, 3.8) is 0 Å². The molecule has 0 unspecified atom stereocenters. The first-order valence-electron chi connectivity index (χ1n) is 7.99. The molecule has 2 aliphatic heterocycles. The summed E-state index contributed by atoms with van der Waals surface area (Å²) in [4.78, 5) is 31.0. The number of hydrogen-bond acceptors (Lipinski definition) is 7. The zero-order chi connectivity index (χ0) is 16.4. The summed E-state index contributed by atoms with van der Waals surface area (Å²) in [6, 6.07) is 1.80.